The number of thioether (sulfide) groups is 1. The highest BCUT2D eigenvalue weighted by molar-refractivity contribution is 7.99. The van der Waals surface area contributed by atoms with Crippen LogP contribution in [0.2, 0.25) is 0 Å². The molecule has 4 rings (SSSR count). The van der Waals surface area contributed by atoms with Gasteiger partial charge in [0.15, 0.2) is 0 Å². The van der Waals surface area contributed by atoms with Crippen molar-refractivity contribution >= 4 is 29.1 Å². The zero-order chi connectivity index (χ0) is 17.8. The minimum atomic E-state index is -0.0127. The normalized spacial score (nSPS) is 20.7. The van der Waals surface area contributed by atoms with Crippen LogP contribution in [0.15, 0.2) is 65.8 Å². The van der Waals surface area contributed by atoms with Gasteiger partial charge in [-0.25, -0.2) is 0 Å². The summed E-state index contributed by atoms with van der Waals surface area (Å²) in [5.41, 5.74) is 2.82. The number of hydrogen-bond donors (Lipinski definition) is 1. The Balaban J connectivity index is 1.56. The van der Waals surface area contributed by atoms with E-state index in [0.717, 1.165) is 30.0 Å². The van der Waals surface area contributed by atoms with E-state index in [4.69, 9.17) is 5.10 Å². The Kier molecular flexibility index (Phi) is 5.25. The quantitative estimate of drug-likeness (QED) is 0.890. The predicted molar refractivity (Wildman–Crippen MR) is 109 cm³/mol. The second kappa shape index (κ2) is 7.96. The zero-order valence-electron chi connectivity index (χ0n) is 14.7. The smallest absolute Gasteiger partial charge is 0.267 e. The van der Waals surface area contributed by atoms with Crippen molar-refractivity contribution in [2.45, 2.75) is 31.3 Å². The van der Waals surface area contributed by atoms with Crippen molar-refractivity contribution in [3.8, 4) is 0 Å². The number of anilines is 1. The fourth-order valence-corrected chi connectivity index (χ4v) is 4.62. The maximum atomic E-state index is 12.8. The molecule has 2 aromatic carbocycles. The van der Waals surface area contributed by atoms with E-state index in [2.05, 4.69) is 17.4 Å². The summed E-state index contributed by atoms with van der Waals surface area (Å²) in [6, 6.07) is 20.7. The lowest BCUT2D eigenvalue weighted by Crippen LogP contribution is -2.40. The SMILES string of the molecule is O=C(NC1CCSCC1)C1=NN(c2ccccc2)[C@H](c2ccccc2)C1. The van der Waals surface area contributed by atoms with E-state index >= 15 is 0 Å². The first-order valence-corrected chi connectivity index (χ1v) is 10.3. The highest BCUT2D eigenvalue weighted by Gasteiger charge is 2.33. The molecule has 0 unspecified atom stereocenters. The number of carbonyl (C=O) groups is 1. The van der Waals surface area contributed by atoms with E-state index in [9.17, 15) is 4.79 Å². The molecule has 0 spiro atoms. The molecule has 2 aliphatic heterocycles. The molecule has 1 atom stereocenters. The van der Waals surface area contributed by atoms with E-state index in [1.807, 2.05) is 65.3 Å². The van der Waals surface area contributed by atoms with Crippen LogP contribution in [0.1, 0.15) is 30.9 Å². The third kappa shape index (κ3) is 3.78. The van der Waals surface area contributed by atoms with Crippen molar-refractivity contribution in [2.75, 3.05) is 16.5 Å². The molecule has 0 bridgehead atoms. The van der Waals surface area contributed by atoms with Gasteiger partial charge >= 0.3 is 0 Å². The van der Waals surface area contributed by atoms with E-state index < -0.39 is 0 Å². The fourth-order valence-electron chi connectivity index (χ4n) is 3.51. The molecule has 2 heterocycles. The maximum absolute atomic E-state index is 12.8. The first kappa shape index (κ1) is 17.2. The van der Waals surface area contributed by atoms with Gasteiger partial charge in [-0.3, -0.25) is 9.80 Å². The van der Waals surface area contributed by atoms with Gasteiger partial charge in [0.1, 0.15) is 5.71 Å². The van der Waals surface area contributed by atoms with Crippen LogP contribution in [-0.2, 0) is 4.79 Å². The Morgan fingerprint density at radius 2 is 1.65 bits per heavy atom. The lowest BCUT2D eigenvalue weighted by molar-refractivity contribution is -0.115. The topological polar surface area (TPSA) is 44.7 Å². The highest BCUT2D eigenvalue weighted by Crippen LogP contribution is 2.35. The predicted octanol–water partition coefficient (Wildman–Crippen LogP) is 4.01. The van der Waals surface area contributed by atoms with Crippen molar-refractivity contribution in [2.24, 2.45) is 5.10 Å². The van der Waals surface area contributed by atoms with E-state index in [-0.39, 0.29) is 18.0 Å². The van der Waals surface area contributed by atoms with Gasteiger partial charge in [0.05, 0.1) is 11.7 Å². The Morgan fingerprint density at radius 1 is 1.00 bits per heavy atom. The molecule has 0 aromatic heterocycles. The van der Waals surface area contributed by atoms with Crippen LogP contribution < -0.4 is 10.3 Å². The summed E-state index contributed by atoms with van der Waals surface area (Å²) in [5, 5.41) is 9.90. The number of hydrogen-bond acceptors (Lipinski definition) is 4. The molecule has 2 aliphatic rings. The summed E-state index contributed by atoms with van der Waals surface area (Å²) < 4.78 is 0. The number of nitrogens with one attached hydrogen (secondary N) is 1. The molecule has 1 fully saturated rings. The maximum Gasteiger partial charge on any atom is 0.267 e. The number of hydrazone groups is 1. The van der Waals surface area contributed by atoms with Crippen LogP contribution >= 0.6 is 11.8 Å². The molecule has 2 aromatic rings. The Labute approximate surface area is 158 Å². The number of nitrogens with zero attached hydrogens (tertiary/aromatic N) is 2. The fraction of sp³-hybridized carbons (Fsp3) is 0.333. The van der Waals surface area contributed by atoms with E-state index in [1.165, 1.54) is 5.56 Å². The van der Waals surface area contributed by atoms with Crippen LogP contribution in [0.3, 0.4) is 0 Å². The summed E-state index contributed by atoms with van der Waals surface area (Å²) >= 11 is 1.96. The van der Waals surface area contributed by atoms with Gasteiger partial charge in [-0.15, -0.1) is 0 Å². The van der Waals surface area contributed by atoms with Crippen molar-refractivity contribution in [3.63, 3.8) is 0 Å². The lowest BCUT2D eigenvalue weighted by atomic mass is 10.0. The molecular weight excluding hydrogens is 342 g/mol. The van der Waals surface area contributed by atoms with Crippen LogP contribution in [0.25, 0.3) is 0 Å². The summed E-state index contributed by atoms with van der Waals surface area (Å²) in [5.74, 6) is 2.24. The standard InChI is InChI=1S/C21H23N3OS/c25-21(22-17-11-13-26-14-12-17)19-15-20(16-7-3-1-4-8-16)24(23-19)18-9-5-2-6-10-18/h1-10,17,20H,11-15H2,(H,22,25)/t20-/m0/s1. The second-order valence-corrected chi connectivity index (χ2v) is 7.94. The Bertz CT molecular complexity index is 772. The summed E-state index contributed by atoms with van der Waals surface area (Å²) in [7, 11) is 0. The van der Waals surface area contributed by atoms with Crippen LogP contribution in [0, 0.1) is 0 Å². The molecule has 1 saturated heterocycles. The average Bonchev–Trinajstić information content (AvgIpc) is 3.16. The van der Waals surface area contributed by atoms with Gasteiger partial charge in [-0.05, 0) is 42.0 Å². The monoisotopic (exact) mass is 365 g/mol. The van der Waals surface area contributed by atoms with Gasteiger partial charge in [0.2, 0.25) is 0 Å². The van der Waals surface area contributed by atoms with Gasteiger partial charge in [-0.1, -0.05) is 48.5 Å². The molecular formula is C21H23N3OS. The number of carbonyl (C=O) groups excluding carboxylic acids is 1. The molecule has 1 amide bonds. The molecule has 0 saturated carbocycles. The van der Waals surface area contributed by atoms with E-state index in [0.29, 0.717) is 12.1 Å². The summed E-state index contributed by atoms with van der Waals surface area (Å²) in [6.07, 6.45) is 2.73. The van der Waals surface area contributed by atoms with Crippen LogP contribution in [0.4, 0.5) is 5.69 Å². The number of rotatable bonds is 4. The minimum Gasteiger partial charge on any atom is -0.348 e. The van der Waals surface area contributed by atoms with E-state index in [1.54, 1.807) is 0 Å². The van der Waals surface area contributed by atoms with Gasteiger partial charge < -0.3 is 5.32 Å². The van der Waals surface area contributed by atoms with Crippen molar-refractivity contribution in [3.05, 3.63) is 66.2 Å². The minimum absolute atomic E-state index is 0.0127. The molecule has 5 heteroatoms. The summed E-state index contributed by atoms with van der Waals surface area (Å²) in [4.78, 5) is 12.8. The molecule has 4 nitrogen and oxygen atoms in total. The molecule has 0 aliphatic carbocycles. The van der Waals surface area contributed by atoms with Crippen LogP contribution in [-0.4, -0.2) is 29.2 Å². The van der Waals surface area contributed by atoms with Crippen molar-refractivity contribution in [1.29, 1.82) is 0 Å². The summed E-state index contributed by atoms with van der Waals surface area (Å²) in [6.45, 7) is 0. The Morgan fingerprint density at radius 3 is 2.35 bits per heavy atom. The van der Waals surface area contributed by atoms with Crippen molar-refractivity contribution < 1.29 is 4.79 Å². The third-order valence-corrected chi connectivity index (χ3v) is 5.98. The largest absolute Gasteiger partial charge is 0.348 e. The molecule has 1 N–H and O–H groups in total. The zero-order valence-corrected chi connectivity index (χ0v) is 15.5. The first-order valence-electron chi connectivity index (χ1n) is 9.16. The van der Waals surface area contributed by atoms with Crippen LogP contribution in [0.5, 0.6) is 0 Å². The number of para-hydroxylation sites is 1. The average molecular weight is 366 g/mol. The number of benzene rings is 2. The highest BCUT2D eigenvalue weighted by atomic mass is 32.2. The van der Waals surface area contributed by atoms with Gasteiger partial charge in [-0.2, -0.15) is 16.9 Å². The molecule has 0 radical (unpaired) electrons. The lowest BCUT2D eigenvalue weighted by Gasteiger charge is -2.23. The molecule has 134 valence electrons. The first-order chi connectivity index (χ1) is 12.8. The van der Waals surface area contributed by atoms with Gasteiger partial charge in [0.25, 0.3) is 5.91 Å². The second-order valence-electron chi connectivity index (χ2n) is 6.72. The Hall–Kier alpha value is -2.27. The molecule has 26 heavy (non-hydrogen) atoms. The van der Waals surface area contributed by atoms with Gasteiger partial charge in [0, 0.05) is 12.5 Å². The number of amides is 1. The van der Waals surface area contributed by atoms with Crippen molar-refractivity contribution in [1.82, 2.24) is 5.32 Å². The third-order valence-electron chi connectivity index (χ3n) is 4.93.